The fraction of sp³-hybridized carbons (Fsp3) is 0.619. The summed E-state index contributed by atoms with van der Waals surface area (Å²) < 4.78 is 0. The van der Waals surface area contributed by atoms with Gasteiger partial charge in [-0.25, -0.2) is 9.59 Å². The molecule has 4 N–H and O–H groups in total. The topological polar surface area (TPSA) is 88.7 Å². The van der Waals surface area contributed by atoms with Crippen LogP contribution >= 0.6 is 0 Å². The van der Waals surface area contributed by atoms with Crippen LogP contribution in [0.3, 0.4) is 0 Å². The number of carbonyl (C=O) groups is 2. The van der Waals surface area contributed by atoms with Gasteiger partial charge in [-0.1, -0.05) is 6.07 Å². The molecule has 0 aliphatic rings. The molecule has 0 saturated carbocycles. The van der Waals surface area contributed by atoms with E-state index in [1.165, 1.54) is 0 Å². The first-order valence-electron chi connectivity index (χ1n) is 9.80. The molecule has 0 saturated heterocycles. The van der Waals surface area contributed by atoms with Gasteiger partial charge in [0.15, 0.2) is 0 Å². The summed E-state index contributed by atoms with van der Waals surface area (Å²) in [4.78, 5) is 28.6. The van der Waals surface area contributed by atoms with E-state index >= 15 is 0 Å². The lowest BCUT2D eigenvalue weighted by molar-refractivity contribution is 0.189. The highest BCUT2D eigenvalue weighted by Crippen LogP contribution is 2.20. The van der Waals surface area contributed by atoms with Crippen LogP contribution in [-0.4, -0.2) is 74.2 Å². The van der Waals surface area contributed by atoms with Gasteiger partial charge in [-0.2, -0.15) is 0 Å². The lowest BCUT2D eigenvalue weighted by Gasteiger charge is -2.32. The van der Waals surface area contributed by atoms with E-state index in [1.807, 2.05) is 47.2 Å². The molecule has 0 unspecified atom stereocenters. The number of hydrogen-bond donors (Lipinski definition) is 4. The number of nitrogens with zero attached hydrogens (tertiary/aromatic N) is 2. The van der Waals surface area contributed by atoms with Crippen LogP contribution < -0.4 is 21.3 Å². The van der Waals surface area contributed by atoms with Gasteiger partial charge in [-0.15, -0.1) is 0 Å². The van der Waals surface area contributed by atoms with E-state index in [1.54, 1.807) is 6.07 Å². The minimum Gasteiger partial charge on any atom is -0.336 e. The first kappa shape index (κ1) is 24.7. The summed E-state index contributed by atoms with van der Waals surface area (Å²) in [6.07, 6.45) is 0. The quantitative estimate of drug-likeness (QED) is 0.534. The molecule has 0 atom stereocenters. The summed E-state index contributed by atoms with van der Waals surface area (Å²) >= 11 is 0. The molecule has 0 heterocycles. The molecule has 4 amide bonds. The number of urea groups is 2. The van der Waals surface area contributed by atoms with Crippen LogP contribution in [0.2, 0.25) is 0 Å². The minimum absolute atomic E-state index is 0.157. The van der Waals surface area contributed by atoms with Crippen molar-refractivity contribution in [2.75, 3.05) is 51.9 Å². The zero-order valence-corrected chi connectivity index (χ0v) is 19.4. The first-order chi connectivity index (χ1) is 13.2. The minimum atomic E-state index is -0.285. The van der Waals surface area contributed by atoms with Crippen LogP contribution in [0, 0.1) is 6.92 Å². The van der Waals surface area contributed by atoms with Crippen molar-refractivity contribution in [3.05, 3.63) is 23.8 Å². The lowest BCUT2D eigenvalue weighted by atomic mass is 10.0. The van der Waals surface area contributed by atoms with Gasteiger partial charge in [-0.05, 0) is 80.5 Å². The Morgan fingerprint density at radius 1 is 0.828 bits per heavy atom. The van der Waals surface area contributed by atoms with Gasteiger partial charge in [0.05, 0.1) is 0 Å². The van der Waals surface area contributed by atoms with Gasteiger partial charge < -0.3 is 31.1 Å². The van der Waals surface area contributed by atoms with Gasteiger partial charge in [0.1, 0.15) is 0 Å². The molecule has 8 nitrogen and oxygen atoms in total. The van der Waals surface area contributed by atoms with Crippen molar-refractivity contribution in [3.8, 4) is 0 Å². The largest absolute Gasteiger partial charge is 0.336 e. The van der Waals surface area contributed by atoms with Gasteiger partial charge in [-0.3, -0.25) is 0 Å². The maximum Gasteiger partial charge on any atom is 0.319 e. The van der Waals surface area contributed by atoms with Crippen LogP contribution in [0.1, 0.15) is 33.3 Å². The van der Waals surface area contributed by atoms with E-state index in [9.17, 15) is 9.59 Å². The fourth-order valence-corrected chi connectivity index (χ4v) is 2.09. The predicted molar refractivity (Wildman–Crippen MR) is 121 cm³/mol. The molecule has 0 spiro atoms. The Balaban J connectivity index is 2.68. The molecule has 164 valence electrons. The van der Waals surface area contributed by atoms with Crippen LogP contribution in [0.25, 0.3) is 0 Å². The molecule has 0 aliphatic carbocycles. The number of rotatable bonds is 8. The van der Waals surface area contributed by atoms with E-state index in [0.717, 1.165) is 5.56 Å². The molecule has 1 aromatic carbocycles. The number of benzene rings is 1. The fourth-order valence-electron chi connectivity index (χ4n) is 2.09. The van der Waals surface area contributed by atoms with E-state index < -0.39 is 0 Å². The average molecular weight is 407 g/mol. The predicted octanol–water partition coefficient (Wildman–Crippen LogP) is 2.92. The highest BCUT2D eigenvalue weighted by molar-refractivity contribution is 5.93. The van der Waals surface area contributed by atoms with E-state index in [2.05, 4.69) is 58.8 Å². The summed E-state index contributed by atoms with van der Waals surface area (Å²) in [5, 5.41) is 11.4. The van der Waals surface area contributed by atoms with Crippen molar-refractivity contribution in [3.63, 3.8) is 0 Å². The van der Waals surface area contributed by atoms with E-state index in [0.29, 0.717) is 24.5 Å². The molecule has 0 aliphatic heterocycles. The zero-order valence-electron chi connectivity index (χ0n) is 19.4. The van der Waals surface area contributed by atoms with Crippen molar-refractivity contribution in [1.82, 2.24) is 20.4 Å². The average Bonchev–Trinajstić information content (AvgIpc) is 2.61. The molecule has 0 aromatic heterocycles. The molecule has 29 heavy (non-hydrogen) atoms. The molecule has 0 bridgehead atoms. The Bertz CT molecular complexity index is 713. The Morgan fingerprint density at radius 2 is 1.28 bits per heavy atom. The number of amides is 4. The van der Waals surface area contributed by atoms with Gasteiger partial charge in [0, 0.05) is 35.5 Å². The van der Waals surface area contributed by atoms with Crippen molar-refractivity contribution in [2.45, 2.75) is 45.7 Å². The van der Waals surface area contributed by atoms with Crippen molar-refractivity contribution < 1.29 is 9.59 Å². The third-order valence-corrected chi connectivity index (χ3v) is 5.53. The molecule has 8 heteroatoms. The van der Waals surface area contributed by atoms with E-state index in [-0.39, 0.29) is 23.1 Å². The highest BCUT2D eigenvalue weighted by Gasteiger charge is 2.22. The highest BCUT2D eigenvalue weighted by atomic mass is 16.2. The standard InChI is InChI=1S/C21H38N6O2/c1-15-10-11-16(24-18(28)22-13-20(2,3)26(6)7)12-17(15)25-19(29)23-14-21(4,5)27(8)9/h10-12H,13-14H2,1-9H3,(H2,22,24,28)(H2,23,25,29). The summed E-state index contributed by atoms with van der Waals surface area (Å²) in [5.41, 5.74) is 1.85. The number of aryl methyl sites for hydroxylation is 1. The normalized spacial score (nSPS) is 12.1. The van der Waals surface area contributed by atoms with Crippen molar-refractivity contribution in [1.29, 1.82) is 0 Å². The second-order valence-electron chi connectivity index (χ2n) is 9.06. The third kappa shape index (κ3) is 7.91. The summed E-state index contributed by atoms with van der Waals surface area (Å²) in [5.74, 6) is 0. The smallest absolute Gasteiger partial charge is 0.319 e. The van der Waals surface area contributed by atoms with Crippen LogP contribution in [0.5, 0.6) is 0 Å². The number of hydrogen-bond acceptors (Lipinski definition) is 4. The lowest BCUT2D eigenvalue weighted by Crippen LogP contribution is -2.49. The van der Waals surface area contributed by atoms with Crippen LogP contribution in [0.15, 0.2) is 18.2 Å². The molecule has 1 aromatic rings. The summed E-state index contributed by atoms with van der Waals surface area (Å²) in [6.45, 7) is 11.1. The molecule has 0 radical (unpaired) electrons. The summed E-state index contributed by atoms with van der Waals surface area (Å²) in [6, 6.07) is 4.86. The maximum atomic E-state index is 12.3. The maximum absolute atomic E-state index is 12.3. The third-order valence-electron chi connectivity index (χ3n) is 5.53. The Morgan fingerprint density at radius 3 is 1.72 bits per heavy atom. The monoisotopic (exact) mass is 406 g/mol. The summed E-state index contributed by atoms with van der Waals surface area (Å²) in [7, 11) is 7.90. The zero-order chi connectivity index (χ0) is 22.4. The van der Waals surface area contributed by atoms with Crippen LogP contribution in [-0.2, 0) is 0 Å². The Labute approximate surface area is 175 Å². The molecule has 1 rings (SSSR count). The van der Waals surface area contributed by atoms with Gasteiger partial charge >= 0.3 is 12.1 Å². The Kier molecular flexibility index (Phi) is 8.47. The van der Waals surface area contributed by atoms with Crippen molar-refractivity contribution in [2.24, 2.45) is 0 Å². The second-order valence-corrected chi connectivity index (χ2v) is 9.06. The molecular weight excluding hydrogens is 368 g/mol. The van der Waals surface area contributed by atoms with Crippen molar-refractivity contribution >= 4 is 23.4 Å². The van der Waals surface area contributed by atoms with Crippen LogP contribution in [0.4, 0.5) is 21.0 Å². The van der Waals surface area contributed by atoms with E-state index in [4.69, 9.17) is 0 Å². The number of anilines is 2. The second kappa shape index (κ2) is 9.93. The first-order valence-corrected chi connectivity index (χ1v) is 9.80. The number of nitrogens with one attached hydrogen (secondary N) is 4. The Hall–Kier alpha value is -2.32. The van der Waals surface area contributed by atoms with Gasteiger partial charge in [0.2, 0.25) is 0 Å². The molecular formula is C21H38N6O2. The molecule has 0 fully saturated rings. The van der Waals surface area contributed by atoms with Gasteiger partial charge in [0.25, 0.3) is 0 Å². The number of likely N-dealkylation sites (N-methyl/N-ethyl adjacent to an activating group) is 2. The SMILES string of the molecule is Cc1ccc(NC(=O)NCC(C)(C)N(C)C)cc1NC(=O)NCC(C)(C)N(C)C. The number of carbonyl (C=O) groups excluding carboxylic acids is 2.